The Kier molecular flexibility index (Phi) is 2.71. The minimum Gasteiger partial charge on any atom is -0.463 e. The Balaban J connectivity index is 1.99. The Morgan fingerprint density at radius 1 is 1.21 bits per heavy atom. The van der Waals surface area contributed by atoms with Gasteiger partial charge < -0.3 is 4.42 Å². The van der Waals surface area contributed by atoms with E-state index in [1.807, 2.05) is 44.2 Å². The fraction of sp³-hybridized carbons (Fsp3) is 0.200. The molecule has 96 valence electrons. The Labute approximate surface area is 111 Å². The summed E-state index contributed by atoms with van der Waals surface area (Å²) in [6.07, 6.45) is 1.59. The SMILES string of the molecule is Cc1ccc(N2N=C(c3ccco3)C(C)C2=O)cc1. The zero-order chi connectivity index (χ0) is 13.4. The zero-order valence-electron chi connectivity index (χ0n) is 10.8. The second-order valence-electron chi connectivity index (χ2n) is 4.67. The van der Waals surface area contributed by atoms with Gasteiger partial charge in [-0.3, -0.25) is 4.79 Å². The molecule has 3 rings (SSSR count). The van der Waals surface area contributed by atoms with Crippen molar-refractivity contribution >= 4 is 17.3 Å². The quantitative estimate of drug-likeness (QED) is 0.827. The number of hydrazone groups is 1. The average molecular weight is 254 g/mol. The summed E-state index contributed by atoms with van der Waals surface area (Å²) in [5.74, 6) is 0.332. The molecule has 1 aromatic carbocycles. The molecule has 0 aliphatic carbocycles. The van der Waals surface area contributed by atoms with Crippen LogP contribution < -0.4 is 5.01 Å². The highest BCUT2D eigenvalue weighted by Gasteiger charge is 2.35. The molecule has 2 heterocycles. The standard InChI is InChI=1S/C15H14N2O2/c1-10-5-7-12(8-6-10)17-15(18)11(2)14(16-17)13-4-3-9-19-13/h3-9,11H,1-2H3. The lowest BCUT2D eigenvalue weighted by molar-refractivity contribution is -0.119. The van der Waals surface area contributed by atoms with Gasteiger partial charge >= 0.3 is 0 Å². The minimum absolute atomic E-state index is 0.0322. The molecule has 1 atom stereocenters. The van der Waals surface area contributed by atoms with Crippen LogP contribution >= 0.6 is 0 Å². The largest absolute Gasteiger partial charge is 0.463 e. The zero-order valence-corrected chi connectivity index (χ0v) is 10.8. The van der Waals surface area contributed by atoms with Gasteiger partial charge in [0.1, 0.15) is 5.71 Å². The van der Waals surface area contributed by atoms with E-state index >= 15 is 0 Å². The number of benzene rings is 1. The second kappa shape index (κ2) is 4.39. The summed E-state index contributed by atoms with van der Waals surface area (Å²) >= 11 is 0. The molecule has 0 spiro atoms. The van der Waals surface area contributed by atoms with Crippen LogP contribution in [0.2, 0.25) is 0 Å². The van der Waals surface area contributed by atoms with Gasteiger partial charge in [0.25, 0.3) is 5.91 Å². The molecule has 1 aromatic heterocycles. The van der Waals surface area contributed by atoms with Crippen molar-refractivity contribution in [2.24, 2.45) is 11.0 Å². The van der Waals surface area contributed by atoms with Gasteiger partial charge in [-0.25, -0.2) is 0 Å². The first-order valence-corrected chi connectivity index (χ1v) is 6.20. The van der Waals surface area contributed by atoms with E-state index in [4.69, 9.17) is 4.42 Å². The predicted octanol–water partition coefficient (Wildman–Crippen LogP) is 2.98. The molecule has 2 aromatic rings. The Morgan fingerprint density at radius 3 is 2.58 bits per heavy atom. The molecule has 0 fully saturated rings. The Hall–Kier alpha value is -2.36. The first-order chi connectivity index (χ1) is 9.16. The monoisotopic (exact) mass is 254 g/mol. The van der Waals surface area contributed by atoms with Gasteiger partial charge in [0.2, 0.25) is 0 Å². The number of nitrogens with zero attached hydrogens (tertiary/aromatic N) is 2. The number of carbonyl (C=O) groups excluding carboxylic acids is 1. The molecular weight excluding hydrogens is 240 g/mol. The van der Waals surface area contributed by atoms with Crippen LogP contribution in [0.15, 0.2) is 52.2 Å². The van der Waals surface area contributed by atoms with Crippen molar-refractivity contribution in [2.45, 2.75) is 13.8 Å². The summed E-state index contributed by atoms with van der Waals surface area (Å²) in [5, 5.41) is 5.85. The molecule has 0 bridgehead atoms. The van der Waals surface area contributed by atoms with Crippen LogP contribution in [0.3, 0.4) is 0 Å². The van der Waals surface area contributed by atoms with Gasteiger partial charge in [0.05, 0.1) is 17.9 Å². The van der Waals surface area contributed by atoms with Crippen molar-refractivity contribution in [1.29, 1.82) is 0 Å². The van der Waals surface area contributed by atoms with E-state index in [0.29, 0.717) is 11.5 Å². The summed E-state index contributed by atoms with van der Waals surface area (Å²) in [5.41, 5.74) is 2.61. The smallest absolute Gasteiger partial charge is 0.256 e. The molecule has 4 heteroatoms. The van der Waals surface area contributed by atoms with E-state index in [-0.39, 0.29) is 11.8 Å². The van der Waals surface area contributed by atoms with Gasteiger partial charge in [-0.1, -0.05) is 17.7 Å². The minimum atomic E-state index is -0.285. The van der Waals surface area contributed by atoms with Gasteiger partial charge in [-0.15, -0.1) is 0 Å². The maximum Gasteiger partial charge on any atom is 0.256 e. The van der Waals surface area contributed by atoms with Gasteiger partial charge in [-0.2, -0.15) is 10.1 Å². The van der Waals surface area contributed by atoms with Crippen molar-refractivity contribution in [3.05, 3.63) is 54.0 Å². The third-order valence-electron chi connectivity index (χ3n) is 3.25. The lowest BCUT2D eigenvalue weighted by atomic mass is 10.0. The van der Waals surface area contributed by atoms with Crippen molar-refractivity contribution in [3.63, 3.8) is 0 Å². The molecule has 1 unspecified atom stereocenters. The fourth-order valence-electron chi connectivity index (χ4n) is 2.10. The maximum absolute atomic E-state index is 12.3. The molecule has 0 saturated heterocycles. The number of hydrogen-bond donors (Lipinski definition) is 0. The van der Waals surface area contributed by atoms with E-state index in [2.05, 4.69) is 5.10 Å². The van der Waals surface area contributed by atoms with Gasteiger partial charge in [0.15, 0.2) is 5.76 Å². The first-order valence-electron chi connectivity index (χ1n) is 6.20. The molecular formula is C15H14N2O2. The maximum atomic E-state index is 12.3. The van der Waals surface area contributed by atoms with Crippen molar-refractivity contribution in [1.82, 2.24) is 0 Å². The lowest BCUT2D eigenvalue weighted by Gasteiger charge is -2.12. The van der Waals surface area contributed by atoms with E-state index in [0.717, 1.165) is 11.3 Å². The van der Waals surface area contributed by atoms with Crippen LogP contribution in [0.5, 0.6) is 0 Å². The van der Waals surface area contributed by atoms with E-state index in [9.17, 15) is 4.79 Å². The molecule has 0 N–H and O–H groups in total. The Bertz CT molecular complexity index is 627. The van der Waals surface area contributed by atoms with E-state index in [1.54, 1.807) is 12.3 Å². The fourth-order valence-corrected chi connectivity index (χ4v) is 2.10. The van der Waals surface area contributed by atoms with Crippen molar-refractivity contribution < 1.29 is 9.21 Å². The van der Waals surface area contributed by atoms with E-state index < -0.39 is 0 Å². The molecule has 1 amide bonds. The third-order valence-corrected chi connectivity index (χ3v) is 3.25. The molecule has 4 nitrogen and oxygen atoms in total. The van der Waals surface area contributed by atoms with Crippen LogP contribution in [-0.2, 0) is 4.79 Å². The van der Waals surface area contributed by atoms with Crippen LogP contribution in [0, 0.1) is 12.8 Å². The highest BCUT2D eigenvalue weighted by Crippen LogP contribution is 2.26. The first kappa shape index (κ1) is 11.7. The topological polar surface area (TPSA) is 45.8 Å². The molecule has 1 aliphatic rings. The van der Waals surface area contributed by atoms with Gasteiger partial charge in [0, 0.05) is 0 Å². The molecule has 19 heavy (non-hydrogen) atoms. The molecule has 0 radical (unpaired) electrons. The summed E-state index contributed by atoms with van der Waals surface area (Å²) in [7, 11) is 0. The summed E-state index contributed by atoms with van der Waals surface area (Å²) in [6.45, 7) is 3.85. The number of aryl methyl sites for hydroxylation is 1. The van der Waals surface area contributed by atoms with Gasteiger partial charge in [-0.05, 0) is 38.1 Å². The molecule has 0 saturated carbocycles. The highest BCUT2D eigenvalue weighted by atomic mass is 16.3. The number of amides is 1. The lowest BCUT2D eigenvalue weighted by Crippen LogP contribution is -2.25. The number of rotatable bonds is 2. The highest BCUT2D eigenvalue weighted by molar-refractivity contribution is 6.20. The van der Waals surface area contributed by atoms with Crippen molar-refractivity contribution in [2.75, 3.05) is 5.01 Å². The van der Waals surface area contributed by atoms with E-state index in [1.165, 1.54) is 5.01 Å². The van der Waals surface area contributed by atoms with Crippen LogP contribution in [0.25, 0.3) is 0 Å². The number of anilines is 1. The second-order valence-corrected chi connectivity index (χ2v) is 4.67. The third kappa shape index (κ3) is 1.95. The number of furan rings is 1. The summed E-state index contributed by atoms with van der Waals surface area (Å²) in [6, 6.07) is 11.3. The normalized spacial score (nSPS) is 18.8. The molecule has 1 aliphatic heterocycles. The Morgan fingerprint density at radius 2 is 1.95 bits per heavy atom. The van der Waals surface area contributed by atoms with Crippen LogP contribution in [0.1, 0.15) is 18.2 Å². The summed E-state index contributed by atoms with van der Waals surface area (Å²) < 4.78 is 5.33. The average Bonchev–Trinajstić information content (AvgIpc) is 3.02. The van der Waals surface area contributed by atoms with Crippen LogP contribution in [-0.4, -0.2) is 11.6 Å². The predicted molar refractivity (Wildman–Crippen MR) is 73.1 cm³/mol. The number of hydrogen-bond acceptors (Lipinski definition) is 3. The summed E-state index contributed by atoms with van der Waals surface area (Å²) in [4.78, 5) is 12.3. The van der Waals surface area contributed by atoms with Crippen LogP contribution in [0.4, 0.5) is 5.69 Å². The number of carbonyl (C=O) groups is 1. The van der Waals surface area contributed by atoms with Crippen molar-refractivity contribution in [3.8, 4) is 0 Å².